The van der Waals surface area contributed by atoms with Gasteiger partial charge >= 0.3 is 0 Å². The van der Waals surface area contributed by atoms with Crippen LogP contribution in [0.15, 0.2) is 231 Å². The summed E-state index contributed by atoms with van der Waals surface area (Å²) in [4.78, 5) is 0. The lowest BCUT2D eigenvalue weighted by atomic mass is 9.96. The second-order valence-electron chi connectivity index (χ2n) is 16.8. The largest absolute Gasteiger partial charge is 0.309 e. The minimum Gasteiger partial charge on any atom is -0.309 e. The van der Waals surface area contributed by atoms with E-state index >= 15 is 0 Å². The van der Waals surface area contributed by atoms with Crippen LogP contribution in [0.3, 0.4) is 0 Å². The molecule has 12 rings (SSSR count). The summed E-state index contributed by atoms with van der Waals surface area (Å²) in [5, 5.41) is 25.6. The lowest BCUT2D eigenvalue weighted by molar-refractivity contribution is 1.16. The van der Waals surface area contributed by atoms with Gasteiger partial charge in [-0.2, -0.15) is 10.5 Å². The second kappa shape index (κ2) is 15.8. The third kappa shape index (κ3) is 6.45. The normalized spacial score (nSPS) is 11.3. The van der Waals surface area contributed by atoms with E-state index in [2.05, 4.69) is 203 Å². The highest BCUT2D eigenvalue weighted by Gasteiger charge is 2.23. The maximum absolute atomic E-state index is 10.6. The van der Waals surface area contributed by atoms with E-state index in [0.717, 1.165) is 111 Å². The van der Waals surface area contributed by atoms with E-state index in [1.54, 1.807) is 0 Å². The van der Waals surface area contributed by atoms with E-state index in [4.69, 9.17) is 0 Å². The standard InChI is InChI=1S/C62H38N4/c63-39-41-21-29-57(65-59-31-25-47(43-13-5-1-6-14-43)35-55(59)51-27-23-49(37-61(51)65)45-17-9-3-10-18-45)53(33-41)54-34-42(40-64)22-30-58(54)66-60-32-26-48(44-15-7-2-8-16-44)36-56(60)52-28-24-50(38-62(52)66)46-19-11-4-12-20-46/h1-38H. The summed E-state index contributed by atoms with van der Waals surface area (Å²) in [5.74, 6) is 0. The van der Waals surface area contributed by atoms with E-state index in [9.17, 15) is 10.5 Å². The van der Waals surface area contributed by atoms with Gasteiger partial charge in [0.15, 0.2) is 0 Å². The Bertz CT molecular complexity index is 3660. The van der Waals surface area contributed by atoms with E-state index in [-0.39, 0.29) is 0 Å². The first kappa shape index (κ1) is 38.5. The minimum atomic E-state index is 0.528. The molecule has 0 aliphatic heterocycles. The van der Waals surface area contributed by atoms with Crippen LogP contribution in [0.2, 0.25) is 0 Å². The molecule has 0 radical (unpaired) electrons. The number of nitrogens with zero attached hydrogens (tertiary/aromatic N) is 4. The smallest absolute Gasteiger partial charge is 0.0991 e. The van der Waals surface area contributed by atoms with E-state index in [1.165, 1.54) is 0 Å². The van der Waals surface area contributed by atoms with Gasteiger partial charge in [0.05, 0.1) is 56.7 Å². The van der Waals surface area contributed by atoms with Crippen LogP contribution >= 0.6 is 0 Å². The number of hydrogen-bond acceptors (Lipinski definition) is 2. The Morgan fingerprint density at radius 1 is 0.258 bits per heavy atom. The predicted octanol–water partition coefficient (Wildman–Crippen LogP) is 16.0. The van der Waals surface area contributed by atoms with Crippen molar-refractivity contribution in [3.63, 3.8) is 0 Å². The molecule has 4 heteroatoms. The van der Waals surface area contributed by atoms with Gasteiger partial charge < -0.3 is 9.13 Å². The van der Waals surface area contributed by atoms with Crippen molar-refractivity contribution in [1.29, 1.82) is 10.5 Å². The first-order chi connectivity index (χ1) is 32.6. The van der Waals surface area contributed by atoms with Crippen molar-refractivity contribution < 1.29 is 0 Å². The van der Waals surface area contributed by atoms with Crippen LogP contribution in [0.5, 0.6) is 0 Å². The number of nitriles is 2. The Morgan fingerprint density at radius 2 is 0.591 bits per heavy atom. The van der Waals surface area contributed by atoms with Crippen molar-refractivity contribution in [3.05, 3.63) is 242 Å². The Hall–Kier alpha value is -9.22. The molecule has 2 aromatic heterocycles. The predicted molar refractivity (Wildman–Crippen MR) is 272 cm³/mol. The Morgan fingerprint density at radius 3 is 0.939 bits per heavy atom. The third-order valence-corrected chi connectivity index (χ3v) is 13.0. The van der Waals surface area contributed by atoms with Crippen LogP contribution in [-0.4, -0.2) is 9.13 Å². The molecule has 306 valence electrons. The van der Waals surface area contributed by atoms with E-state index in [1.807, 2.05) is 48.5 Å². The van der Waals surface area contributed by atoms with Crippen molar-refractivity contribution in [3.8, 4) is 79.1 Å². The van der Waals surface area contributed by atoms with E-state index < -0.39 is 0 Å². The molecule has 10 aromatic carbocycles. The molecule has 0 aliphatic carbocycles. The number of hydrogen-bond donors (Lipinski definition) is 0. The molecule has 66 heavy (non-hydrogen) atoms. The van der Waals surface area contributed by atoms with Gasteiger partial charge in [0.2, 0.25) is 0 Å². The van der Waals surface area contributed by atoms with Gasteiger partial charge in [0.1, 0.15) is 0 Å². The van der Waals surface area contributed by atoms with Gasteiger partial charge in [0, 0.05) is 32.7 Å². The van der Waals surface area contributed by atoms with Gasteiger partial charge in [0.25, 0.3) is 0 Å². The lowest BCUT2D eigenvalue weighted by Crippen LogP contribution is -2.03. The molecule has 0 saturated heterocycles. The molecule has 12 aromatic rings. The van der Waals surface area contributed by atoms with Crippen LogP contribution in [0.25, 0.3) is 111 Å². The van der Waals surface area contributed by atoms with Gasteiger partial charge in [-0.25, -0.2) is 0 Å². The monoisotopic (exact) mass is 838 g/mol. The van der Waals surface area contributed by atoms with Crippen LogP contribution in [0, 0.1) is 22.7 Å². The highest BCUT2D eigenvalue weighted by Crippen LogP contribution is 2.44. The minimum absolute atomic E-state index is 0.528. The maximum Gasteiger partial charge on any atom is 0.0991 e. The first-order valence-electron chi connectivity index (χ1n) is 22.1. The van der Waals surface area contributed by atoms with Gasteiger partial charge in [-0.1, -0.05) is 158 Å². The van der Waals surface area contributed by atoms with Gasteiger partial charge in [-0.3, -0.25) is 0 Å². The molecule has 2 heterocycles. The zero-order chi connectivity index (χ0) is 44.1. The first-order valence-corrected chi connectivity index (χ1v) is 22.1. The summed E-state index contributed by atoms with van der Waals surface area (Å²) >= 11 is 0. The van der Waals surface area contributed by atoms with Crippen LogP contribution in [0.4, 0.5) is 0 Å². The van der Waals surface area contributed by atoms with Crippen molar-refractivity contribution >= 4 is 43.6 Å². The second-order valence-corrected chi connectivity index (χ2v) is 16.8. The average molecular weight is 839 g/mol. The summed E-state index contributed by atoms with van der Waals surface area (Å²) < 4.78 is 4.69. The zero-order valence-corrected chi connectivity index (χ0v) is 35.7. The fourth-order valence-electron chi connectivity index (χ4n) is 9.83. The van der Waals surface area contributed by atoms with Crippen molar-refractivity contribution in [2.45, 2.75) is 0 Å². The Balaban J connectivity index is 1.16. The van der Waals surface area contributed by atoms with E-state index in [0.29, 0.717) is 11.1 Å². The fourth-order valence-corrected chi connectivity index (χ4v) is 9.83. The highest BCUT2D eigenvalue weighted by molar-refractivity contribution is 6.14. The quantitative estimate of drug-likeness (QED) is 0.161. The summed E-state index contributed by atoms with van der Waals surface area (Å²) in [6.07, 6.45) is 0. The van der Waals surface area contributed by atoms with Gasteiger partial charge in [-0.15, -0.1) is 0 Å². The molecule has 0 amide bonds. The molecular weight excluding hydrogens is 801 g/mol. The van der Waals surface area contributed by atoms with Crippen molar-refractivity contribution in [2.75, 3.05) is 0 Å². The van der Waals surface area contributed by atoms with Crippen molar-refractivity contribution in [1.82, 2.24) is 9.13 Å². The molecule has 0 bridgehead atoms. The molecule has 0 spiro atoms. The number of aromatic nitrogens is 2. The zero-order valence-electron chi connectivity index (χ0n) is 35.7. The molecule has 0 aliphatic rings. The summed E-state index contributed by atoms with van der Waals surface area (Å²) in [7, 11) is 0. The number of benzene rings is 10. The average Bonchev–Trinajstić information content (AvgIpc) is 3.90. The van der Waals surface area contributed by atoms with Crippen molar-refractivity contribution in [2.24, 2.45) is 0 Å². The molecule has 0 fully saturated rings. The SMILES string of the molecule is N#Cc1ccc(-n2c3ccc(-c4ccccc4)cc3c3ccc(-c4ccccc4)cc32)c(-c2cc(C#N)ccc2-n2c3ccc(-c4ccccc4)cc3c3ccc(-c4ccccc4)cc32)c1. The molecule has 0 N–H and O–H groups in total. The Labute approximate surface area is 382 Å². The van der Waals surface area contributed by atoms with Crippen LogP contribution < -0.4 is 0 Å². The molecular formula is C62H38N4. The van der Waals surface area contributed by atoms with Gasteiger partial charge in [-0.05, 0) is 117 Å². The van der Waals surface area contributed by atoms with Crippen LogP contribution in [0.1, 0.15) is 11.1 Å². The fraction of sp³-hybridized carbons (Fsp3) is 0. The topological polar surface area (TPSA) is 57.4 Å². The summed E-state index contributed by atoms with van der Waals surface area (Å²) in [6.45, 7) is 0. The Kier molecular flexibility index (Phi) is 9.23. The maximum atomic E-state index is 10.6. The number of rotatable bonds is 7. The molecule has 0 atom stereocenters. The van der Waals surface area contributed by atoms with Crippen LogP contribution in [-0.2, 0) is 0 Å². The molecule has 0 saturated carbocycles. The third-order valence-electron chi connectivity index (χ3n) is 13.0. The number of fused-ring (bicyclic) bond motifs is 6. The summed E-state index contributed by atoms with van der Waals surface area (Å²) in [5.41, 5.74) is 17.7. The molecule has 4 nitrogen and oxygen atoms in total. The molecule has 0 unspecified atom stereocenters. The summed E-state index contributed by atoms with van der Waals surface area (Å²) in [6, 6.07) is 85.7. The highest BCUT2D eigenvalue weighted by atomic mass is 15.0. The lowest BCUT2D eigenvalue weighted by Gasteiger charge is -2.19.